The summed E-state index contributed by atoms with van der Waals surface area (Å²) in [6.07, 6.45) is 1.11. The summed E-state index contributed by atoms with van der Waals surface area (Å²) >= 11 is 0. The molecule has 1 amide bonds. The SMILES string of the molecule is COc1cc(C=NNC(=O)c2cc3cc([N+](=O)[O-])ccc3o2)cc([N+](=O)[O-])c1O. The molecule has 2 aromatic carbocycles. The van der Waals surface area contributed by atoms with Gasteiger partial charge in [0.1, 0.15) is 5.58 Å². The van der Waals surface area contributed by atoms with Crippen molar-refractivity contribution in [2.45, 2.75) is 0 Å². The smallest absolute Gasteiger partial charge is 0.315 e. The van der Waals surface area contributed by atoms with Gasteiger partial charge in [0.15, 0.2) is 11.5 Å². The van der Waals surface area contributed by atoms with Crippen LogP contribution in [-0.4, -0.2) is 34.2 Å². The molecule has 0 aliphatic carbocycles. The van der Waals surface area contributed by atoms with Gasteiger partial charge < -0.3 is 14.3 Å². The summed E-state index contributed by atoms with van der Waals surface area (Å²) < 4.78 is 10.2. The molecule has 0 unspecified atom stereocenters. The second kappa shape index (κ2) is 7.64. The van der Waals surface area contributed by atoms with Gasteiger partial charge in [-0.25, -0.2) is 5.43 Å². The van der Waals surface area contributed by atoms with Crippen LogP contribution in [0.15, 0.2) is 45.9 Å². The number of nitrogens with one attached hydrogen (secondary N) is 1. The molecule has 0 fully saturated rings. The number of ether oxygens (including phenoxy) is 1. The van der Waals surface area contributed by atoms with E-state index in [1.165, 1.54) is 37.4 Å². The second-order valence-corrected chi connectivity index (χ2v) is 5.64. The number of hydrogen-bond donors (Lipinski definition) is 2. The first-order chi connectivity index (χ1) is 13.8. The van der Waals surface area contributed by atoms with Crippen molar-refractivity contribution >= 4 is 34.5 Å². The van der Waals surface area contributed by atoms with Crippen LogP contribution in [0, 0.1) is 20.2 Å². The molecule has 148 valence electrons. The molecule has 3 rings (SSSR count). The van der Waals surface area contributed by atoms with E-state index in [0.29, 0.717) is 5.39 Å². The van der Waals surface area contributed by atoms with Crippen molar-refractivity contribution in [3.05, 3.63) is 68.0 Å². The van der Waals surface area contributed by atoms with Crippen LogP contribution in [0.5, 0.6) is 11.5 Å². The highest BCUT2D eigenvalue weighted by molar-refractivity contribution is 5.97. The first-order valence-electron chi connectivity index (χ1n) is 7.87. The van der Waals surface area contributed by atoms with Crippen LogP contribution in [-0.2, 0) is 0 Å². The number of nitro groups is 2. The minimum Gasteiger partial charge on any atom is -0.500 e. The maximum Gasteiger partial charge on any atom is 0.315 e. The number of non-ortho nitro benzene ring substituents is 1. The van der Waals surface area contributed by atoms with E-state index in [2.05, 4.69) is 10.5 Å². The first-order valence-corrected chi connectivity index (χ1v) is 7.87. The lowest BCUT2D eigenvalue weighted by molar-refractivity contribution is -0.386. The van der Waals surface area contributed by atoms with Gasteiger partial charge in [-0.1, -0.05) is 0 Å². The van der Waals surface area contributed by atoms with Crippen LogP contribution in [0.2, 0.25) is 0 Å². The molecule has 0 saturated heterocycles. The number of phenols is 1. The van der Waals surface area contributed by atoms with E-state index >= 15 is 0 Å². The maximum absolute atomic E-state index is 12.2. The van der Waals surface area contributed by atoms with E-state index in [-0.39, 0.29) is 28.3 Å². The molecule has 12 heteroatoms. The van der Waals surface area contributed by atoms with E-state index in [1.54, 1.807) is 0 Å². The predicted octanol–water partition coefficient (Wildman–Crippen LogP) is 2.73. The first kappa shape index (κ1) is 19.3. The molecule has 2 N–H and O–H groups in total. The highest BCUT2D eigenvalue weighted by Crippen LogP contribution is 2.36. The summed E-state index contributed by atoms with van der Waals surface area (Å²) in [7, 11) is 1.23. The third-order valence-electron chi connectivity index (χ3n) is 3.81. The Hall–Kier alpha value is -4.48. The van der Waals surface area contributed by atoms with Crippen LogP contribution < -0.4 is 10.2 Å². The van der Waals surface area contributed by atoms with Gasteiger partial charge in [-0.3, -0.25) is 25.0 Å². The summed E-state index contributed by atoms with van der Waals surface area (Å²) in [5.41, 5.74) is 1.91. The number of phenolic OH excluding ortho intramolecular Hbond substituents is 1. The Kier molecular flexibility index (Phi) is 5.08. The topological polar surface area (TPSA) is 170 Å². The van der Waals surface area contributed by atoms with Gasteiger partial charge in [0, 0.05) is 29.1 Å². The highest BCUT2D eigenvalue weighted by atomic mass is 16.6. The maximum atomic E-state index is 12.2. The number of hydrazone groups is 1. The fourth-order valence-electron chi connectivity index (χ4n) is 2.46. The van der Waals surface area contributed by atoms with E-state index in [9.17, 15) is 30.1 Å². The summed E-state index contributed by atoms with van der Waals surface area (Å²) in [4.78, 5) is 32.6. The van der Waals surface area contributed by atoms with Crippen LogP contribution in [0.4, 0.5) is 11.4 Å². The monoisotopic (exact) mass is 400 g/mol. The number of nitrogens with zero attached hydrogens (tertiary/aromatic N) is 3. The Morgan fingerprint density at radius 2 is 1.97 bits per heavy atom. The van der Waals surface area contributed by atoms with E-state index in [1.807, 2.05) is 0 Å². The van der Waals surface area contributed by atoms with Crippen molar-refractivity contribution in [3.63, 3.8) is 0 Å². The number of carbonyl (C=O) groups excluding carboxylic acids is 1. The Morgan fingerprint density at radius 3 is 2.62 bits per heavy atom. The number of amides is 1. The van der Waals surface area contributed by atoms with Crippen molar-refractivity contribution in [1.82, 2.24) is 5.43 Å². The molecule has 0 aliphatic heterocycles. The minimum atomic E-state index is -0.790. The predicted molar refractivity (Wildman–Crippen MR) is 99.2 cm³/mol. The lowest BCUT2D eigenvalue weighted by atomic mass is 10.2. The molecule has 1 aromatic heterocycles. The molecular formula is C17H12N4O8. The van der Waals surface area contributed by atoms with Gasteiger partial charge in [0.2, 0.25) is 5.75 Å². The Labute approximate surface area is 161 Å². The molecule has 0 atom stereocenters. The van der Waals surface area contributed by atoms with E-state index in [0.717, 1.165) is 12.3 Å². The van der Waals surface area contributed by atoms with Crippen molar-refractivity contribution in [2.75, 3.05) is 7.11 Å². The van der Waals surface area contributed by atoms with Crippen LogP contribution in [0.3, 0.4) is 0 Å². The van der Waals surface area contributed by atoms with Gasteiger partial charge in [0.25, 0.3) is 5.69 Å². The van der Waals surface area contributed by atoms with Gasteiger partial charge in [-0.2, -0.15) is 5.10 Å². The Balaban J connectivity index is 1.79. The van der Waals surface area contributed by atoms with Gasteiger partial charge in [0.05, 0.1) is 23.2 Å². The van der Waals surface area contributed by atoms with Crippen molar-refractivity contribution in [1.29, 1.82) is 0 Å². The quantitative estimate of drug-likeness (QED) is 0.361. The number of furan rings is 1. The zero-order chi connectivity index (χ0) is 21.1. The molecule has 0 aliphatic rings. The summed E-state index contributed by atoms with van der Waals surface area (Å²) in [5.74, 6) is -1.63. The molecule has 0 saturated carbocycles. The standard InChI is InChI=1S/C17H12N4O8/c1-28-14-5-9(4-12(16(14)22)21(26)27)8-18-19-17(23)15-7-10-6-11(20(24)25)2-3-13(10)29-15/h2-8,22H,1H3,(H,19,23). The number of nitro benzene ring substituents is 2. The highest BCUT2D eigenvalue weighted by Gasteiger charge is 2.19. The number of fused-ring (bicyclic) bond motifs is 1. The Bertz CT molecular complexity index is 1170. The average molecular weight is 400 g/mol. The number of methoxy groups -OCH3 is 1. The number of hydrogen-bond acceptors (Lipinski definition) is 9. The van der Waals surface area contributed by atoms with Gasteiger partial charge in [-0.05, 0) is 18.2 Å². The van der Waals surface area contributed by atoms with Crippen molar-refractivity contribution < 1.29 is 28.9 Å². The van der Waals surface area contributed by atoms with Crippen molar-refractivity contribution in [3.8, 4) is 11.5 Å². The number of carbonyl (C=O) groups is 1. The molecular weight excluding hydrogens is 388 g/mol. The molecule has 0 radical (unpaired) electrons. The number of aromatic hydroxyl groups is 1. The zero-order valence-electron chi connectivity index (χ0n) is 14.7. The summed E-state index contributed by atoms with van der Waals surface area (Å²) in [6, 6.07) is 7.54. The summed E-state index contributed by atoms with van der Waals surface area (Å²) in [6.45, 7) is 0. The second-order valence-electron chi connectivity index (χ2n) is 5.64. The van der Waals surface area contributed by atoms with Gasteiger partial charge in [-0.15, -0.1) is 0 Å². The number of rotatable bonds is 6. The third kappa shape index (κ3) is 3.95. The normalized spacial score (nSPS) is 10.9. The molecule has 12 nitrogen and oxygen atoms in total. The lowest BCUT2D eigenvalue weighted by Crippen LogP contribution is -2.16. The average Bonchev–Trinajstić information content (AvgIpc) is 3.12. The zero-order valence-corrected chi connectivity index (χ0v) is 14.7. The van der Waals surface area contributed by atoms with Crippen LogP contribution in [0.1, 0.15) is 16.1 Å². The van der Waals surface area contributed by atoms with Gasteiger partial charge >= 0.3 is 11.6 Å². The van der Waals surface area contributed by atoms with Crippen molar-refractivity contribution in [2.24, 2.45) is 5.10 Å². The minimum absolute atomic E-state index is 0.132. The number of benzene rings is 2. The fraction of sp³-hybridized carbons (Fsp3) is 0.0588. The molecule has 29 heavy (non-hydrogen) atoms. The molecule has 3 aromatic rings. The lowest BCUT2D eigenvalue weighted by Gasteiger charge is -2.05. The Morgan fingerprint density at radius 1 is 1.21 bits per heavy atom. The molecule has 0 bridgehead atoms. The largest absolute Gasteiger partial charge is 0.500 e. The molecule has 1 heterocycles. The summed E-state index contributed by atoms with van der Waals surface area (Å²) in [5, 5.41) is 35.6. The van der Waals surface area contributed by atoms with E-state index in [4.69, 9.17) is 9.15 Å². The molecule has 0 spiro atoms. The van der Waals surface area contributed by atoms with E-state index < -0.39 is 27.2 Å². The van der Waals surface area contributed by atoms with Crippen LogP contribution in [0.25, 0.3) is 11.0 Å². The third-order valence-corrected chi connectivity index (χ3v) is 3.81. The fourth-order valence-corrected chi connectivity index (χ4v) is 2.46. The van der Waals surface area contributed by atoms with Crippen LogP contribution >= 0.6 is 0 Å².